The minimum Gasteiger partial charge on any atom is -0.494 e. The van der Waals surface area contributed by atoms with E-state index in [9.17, 15) is 5.26 Å². The number of likely N-dealkylation sites (tertiary alicyclic amines) is 1. The van der Waals surface area contributed by atoms with E-state index in [2.05, 4.69) is 45.7 Å². The SMILES string of the molecule is COc1cc(-c2ccc(C3CCN(CC4CNC4)CC3)cc2)cn2ncc(C#N)c12. The second-order valence-electron chi connectivity index (χ2n) is 8.48. The van der Waals surface area contributed by atoms with E-state index in [1.54, 1.807) is 17.8 Å². The number of nitrogens with one attached hydrogen (secondary N) is 1. The summed E-state index contributed by atoms with van der Waals surface area (Å²) >= 11 is 0. The van der Waals surface area contributed by atoms with Crippen molar-refractivity contribution in [2.45, 2.75) is 18.8 Å². The second-order valence-corrected chi connectivity index (χ2v) is 8.48. The molecular formula is C24H27N5O. The topological polar surface area (TPSA) is 65.6 Å². The number of rotatable bonds is 5. The maximum atomic E-state index is 9.30. The summed E-state index contributed by atoms with van der Waals surface area (Å²) in [5.41, 5.74) is 4.83. The van der Waals surface area contributed by atoms with Crippen LogP contribution >= 0.6 is 0 Å². The Labute approximate surface area is 177 Å². The van der Waals surface area contributed by atoms with Crippen molar-refractivity contribution in [2.24, 2.45) is 5.92 Å². The van der Waals surface area contributed by atoms with Gasteiger partial charge in [-0.3, -0.25) is 0 Å². The van der Waals surface area contributed by atoms with Crippen LogP contribution in [0, 0.1) is 17.2 Å². The van der Waals surface area contributed by atoms with Crippen molar-refractivity contribution in [1.82, 2.24) is 19.8 Å². The monoisotopic (exact) mass is 401 g/mol. The molecule has 1 N–H and O–H groups in total. The number of pyridine rings is 1. The van der Waals surface area contributed by atoms with E-state index in [0.717, 1.165) is 17.0 Å². The molecule has 5 rings (SSSR count). The molecule has 6 heteroatoms. The van der Waals surface area contributed by atoms with Gasteiger partial charge in [-0.25, -0.2) is 4.52 Å². The van der Waals surface area contributed by atoms with Crippen LogP contribution in [0.5, 0.6) is 5.75 Å². The van der Waals surface area contributed by atoms with Crippen molar-refractivity contribution in [2.75, 3.05) is 39.8 Å². The summed E-state index contributed by atoms with van der Waals surface area (Å²) in [7, 11) is 1.63. The number of fused-ring (bicyclic) bond motifs is 1. The van der Waals surface area contributed by atoms with E-state index in [1.165, 1.54) is 51.1 Å². The Morgan fingerprint density at radius 1 is 1.17 bits per heavy atom. The lowest BCUT2D eigenvalue weighted by Crippen LogP contribution is -2.49. The molecular weight excluding hydrogens is 374 g/mol. The summed E-state index contributed by atoms with van der Waals surface area (Å²) in [6.45, 7) is 6.04. The van der Waals surface area contributed by atoms with E-state index in [0.29, 0.717) is 22.7 Å². The molecule has 2 saturated heterocycles. The molecule has 154 valence electrons. The minimum absolute atomic E-state index is 0.522. The Morgan fingerprint density at radius 2 is 1.93 bits per heavy atom. The van der Waals surface area contributed by atoms with E-state index in [-0.39, 0.29) is 0 Å². The van der Waals surface area contributed by atoms with E-state index in [4.69, 9.17) is 4.74 Å². The summed E-state index contributed by atoms with van der Waals surface area (Å²) in [6.07, 6.45) is 6.02. The molecule has 1 aromatic carbocycles. The van der Waals surface area contributed by atoms with Crippen molar-refractivity contribution in [3.63, 3.8) is 0 Å². The lowest BCUT2D eigenvalue weighted by atomic mass is 9.88. The zero-order valence-corrected chi connectivity index (χ0v) is 17.3. The summed E-state index contributed by atoms with van der Waals surface area (Å²) < 4.78 is 7.27. The quantitative estimate of drug-likeness (QED) is 0.711. The first-order chi connectivity index (χ1) is 14.7. The molecule has 0 unspecified atom stereocenters. The average Bonchev–Trinajstić information content (AvgIpc) is 3.19. The maximum absolute atomic E-state index is 9.30. The van der Waals surface area contributed by atoms with Crippen LogP contribution in [0.15, 0.2) is 42.7 Å². The highest BCUT2D eigenvalue weighted by Crippen LogP contribution is 2.33. The van der Waals surface area contributed by atoms with Gasteiger partial charge in [0.25, 0.3) is 0 Å². The summed E-state index contributed by atoms with van der Waals surface area (Å²) in [5, 5.41) is 17.0. The standard InChI is InChI=1S/C24H27N5O/c1-30-23-10-21(16-29-24(23)22(11-25)14-27-29)19-4-2-18(3-5-19)20-6-8-28(9-7-20)15-17-12-26-13-17/h2-5,10,14,16-17,20,26H,6-9,12-13,15H2,1H3. The van der Waals surface area contributed by atoms with Crippen LogP contribution in [0.3, 0.4) is 0 Å². The minimum atomic E-state index is 0.522. The van der Waals surface area contributed by atoms with Gasteiger partial charge in [0.05, 0.1) is 13.3 Å². The molecule has 0 bridgehead atoms. The van der Waals surface area contributed by atoms with E-state index in [1.807, 2.05) is 12.3 Å². The third kappa shape index (κ3) is 3.55. The van der Waals surface area contributed by atoms with Gasteiger partial charge in [0.2, 0.25) is 0 Å². The van der Waals surface area contributed by atoms with Crippen LogP contribution in [0.4, 0.5) is 0 Å². The van der Waals surface area contributed by atoms with Gasteiger partial charge in [0.15, 0.2) is 0 Å². The molecule has 0 radical (unpaired) electrons. The fourth-order valence-corrected chi connectivity index (χ4v) is 4.72. The van der Waals surface area contributed by atoms with Gasteiger partial charge < -0.3 is 15.0 Å². The van der Waals surface area contributed by atoms with Crippen LogP contribution < -0.4 is 10.1 Å². The van der Waals surface area contributed by atoms with Crippen molar-refractivity contribution < 1.29 is 4.74 Å². The van der Waals surface area contributed by atoms with E-state index >= 15 is 0 Å². The number of nitriles is 1. The molecule has 2 fully saturated rings. The number of methoxy groups -OCH3 is 1. The molecule has 0 spiro atoms. The van der Waals surface area contributed by atoms with Gasteiger partial charge in [0.1, 0.15) is 22.9 Å². The van der Waals surface area contributed by atoms with Crippen LogP contribution in [0.1, 0.15) is 29.9 Å². The molecule has 6 nitrogen and oxygen atoms in total. The number of piperidine rings is 1. The van der Waals surface area contributed by atoms with Gasteiger partial charge in [-0.2, -0.15) is 10.4 Å². The van der Waals surface area contributed by atoms with Gasteiger partial charge >= 0.3 is 0 Å². The molecule has 2 aliphatic rings. The molecule has 0 atom stereocenters. The zero-order valence-electron chi connectivity index (χ0n) is 17.3. The lowest BCUT2D eigenvalue weighted by molar-refractivity contribution is 0.158. The maximum Gasteiger partial charge on any atom is 0.146 e. The second kappa shape index (κ2) is 8.10. The van der Waals surface area contributed by atoms with Crippen molar-refractivity contribution in [1.29, 1.82) is 5.26 Å². The molecule has 0 saturated carbocycles. The number of hydrogen-bond donors (Lipinski definition) is 1. The van der Waals surface area contributed by atoms with Crippen LogP contribution in [0.2, 0.25) is 0 Å². The normalized spacial score (nSPS) is 18.3. The van der Waals surface area contributed by atoms with Crippen molar-refractivity contribution >= 4 is 5.52 Å². The Morgan fingerprint density at radius 3 is 2.57 bits per heavy atom. The first-order valence-corrected chi connectivity index (χ1v) is 10.7. The van der Waals surface area contributed by atoms with Crippen molar-refractivity contribution in [3.8, 4) is 22.9 Å². The Balaban J connectivity index is 1.31. The van der Waals surface area contributed by atoms with Crippen molar-refractivity contribution in [3.05, 3.63) is 53.9 Å². The molecule has 2 aliphatic heterocycles. The number of aromatic nitrogens is 2. The Hall–Kier alpha value is -2.88. The highest BCUT2D eigenvalue weighted by Gasteiger charge is 2.25. The number of nitrogens with zero attached hydrogens (tertiary/aromatic N) is 4. The number of benzene rings is 1. The van der Waals surface area contributed by atoms with Gasteiger partial charge in [0, 0.05) is 31.4 Å². The predicted molar refractivity (Wildman–Crippen MR) is 117 cm³/mol. The van der Waals surface area contributed by atoms with Gasteiger partial charge in [-0.15, -0.1) is 0 Å². The van der Waals surface area contributed by atoms with E-state index < -0.39 is 0 Å². The van der Waals surface area contributed by atoms with Gasteiger partial charge in [-0.1, -0.05) is 24.3 Å². The Bertz CT molecular complexity index is 1070. The summed E-state index contributed by atoms with van der Waals surface area (Å²) in [6, 6.07) is 13.1. The van der Waals surface area contributed by atoms with Crippen LogP contribution in [0.25, 0.3) is 16.6 Å². The molecule has 30 heavy (non-hydrogen) atoms. The van der Waals surface area contributed by atoms with Gasteiger partial charge in [-0.05, 0) is 55.0 Å². The first-order valence-electron chi connectivity index (χ1n) is 10.7. The molecule has 0 aliphatic carbocycles. The molecule has 3 aromatic rings. The molecule has 4 heterocycles. The number of ether oxygens (including phenoxy) is 1. The van der Waals surface area contributed by atoms with Crippen LogP contribution in [-0.2, 0) is 0 Å². The Kier molecular flexibility index (Phi) is 5.16. The fraction of sp³-hybridized carbons (Fsp3) is 0.417. The predicted octanol–water partition coefficient (Wildman–Crippen LogP) is 3.28. The highest BCUT2D eigenvalue weighted by atomic mass is 16.5. The number of hydrogen-bond acceptors (Lipinski definition) is 5. The summed E-state index contributed by atoms with van der Waals surface area (Å²) in [4.78, 5) is 2.64. The highest BCUT2D eigenvalue weighted by molar-refractivity contribution is 5.75. The zero-order chi connectivity index (χ0) is 20.5. The molecule has 2 aromatic heterocycles. The third-order valence-corrected chi connectivity index (χ3v) is 6.60. The summed E-state index contributed by atoms with van der Waals surface area (Å²) in [5.74, 6) is 2.17. The lowest BCUT2D eigenvalue weighted by Gasteiger charge is -2.37. The largest absolute Gasteiger partial charge is 0.494 e. The molecule has 0 amide bonds. The fourth-order valence-electron chi connectivity index (χ4n) is 4.72. The average molecular weight is 402 g/mol. The first kappa shape index (κ1) is 19.1. The smallest absolute Gasteiger partial charge is 0.146 e. The third-order valence-electron chi connectivity index (χ3n) is 6.60. The van der Waals surface area contributed by atoms with Crippen LogP contribution in [-0.4, -0.2) is 54.3 Å².